The fourth-order valence-corrected chi connectivity index (χ4v) is 2.97. The molecule has 0 aliphatic heterocycles. The highest BCUT2D eigenvalue weighted by atomic mass is 35.5. The van der Waals surface area contributed by atoms with Crippen molar-refractivity contribution in [2.24, 2.45) is 0 Å². The number of nitrogens with one attached hydrogen (secondary N) is 2. The zero-order valence-electron chi connectivity index (χ0n) is 14.7. The number of para-hydroxylation sites is 2. The van der Waals surface area contributed by atoms with Crippen LogP contribution in [0.25, 0.3) is 11.2 Å². The van der Waals surface area contributed by atoms with Crippen LogP contribution in [0.1, 0.15) is 6.92 Å². The number of imidazole rings is 1. The highest BCUT2D eigenvalue weighted by Crippen LogP contribution is 2.27. The molecule has 9 heteroatoms. The molecule has 4 aromatic rings. The van der Waals surface area contributed by atoms with Crippen molar-refractivity contribution in [2.45, 2.75) is 13.5 Å². The van der Waals surface area contributed by atoms with Crippen molar-refractivity contribution in [2.75, 3.05) is 10.6 Å². The van der Waals surface area contributed by atoms with E-state index in [4.69, 9.17) is 11.6 Å². The summed E-state index contributed by atoms with van der Waals surface area (Å²) >= 11 is 6.20. The molecule has 4 rings (SSSR count). The van der Waals surface area contributed by atoms with Gasteiger partial charge in [0.05, 0.1) is 16.9 Å². The number of rotatable bonds is 5. The monoisotopic (exact) mass is 400 g/mol. The van der Waals surface area contributed by atoms with Crippen LogP contribution in [0, 0.1) is 11.6 Å². The first-order valence-electron chi connectivity index (χ1n) is 8.52. The van der Waals surface area contributed by atoms with Gasteiger partial charge in [0.2, 0.25) is 11.9 Å². The van der Waals surface area contributed by atoms with Crippen molar-refractivity contribution < 1.29 is 8.78 Å². The van der Waals surface area contributed by atoms with E-state index in [9.17, 15) is 8.78 Å². The fraction of sp³-hybridized carbons (Fsp3) is 0.105. The predicted molar refractivity (Wildman–Crippen MR) is 105 cm³/mol. The number of hydrogen-bond acceptors (Lipinski definition) is 5. The number of hydrogen-bond donors (Lipinski definition) is 2. The standard InChI is InChI=1S/C19H15ClF2N6/c1-2-28-17-15(25-19(28)24-14-9-4-3-6-11(14)20)10-23-18(27-17)26-16-12(21)7-5-8-13(16)22/h3-10H,2H2,1H3,(H,24,25)(H,23,26,27). The van der Waals surface area contributed by atoms with Gasteiger partial charge in [-0.25, -0.2) is 18.7 Å². The number of benzene rings is 2. The molecule has 0 amide bonds. The first-order valence-corrected chi connectivity index (χ1v) is 8.90. The summed E-state index contributed by atoms with van der Waals surface area (Å²) in [5.74, 6) is -0.855. The molecule has 2 N–H and O–H groups in total. The molecule has 0 saturated carbocycles. The number of fused-ring (bicyclic) bond motifs is 1. The molecule has 2 aromatic carbocycles. The Hall–Kier alpha value is -3.26. The van der Waals surface area contributed by atoms with Gasteiger partial charge in [0, 0.05) is 6.54 Å². The van der Waals surface area contributed by atoms with E-state index in [2.05, 4.69) is 25.6 Å². The predicted octanol–water partition coefficient (Wildman–Crippen LogP) is 5.27. The summed E-state index contributed by atoms with van der Waals surface area (Å²) in [4.78, 5) is 13.0. The Kier molecular flexibility index (Phi) is 4.79. The molecule has 28 heavy (non-hydrogen) atoms. The number of halogens is 3. The van der Waals surface area contributed by atoms with Gasteiger partial charge < -0.3 is 10.6 Å². The smallest absolute Gasteiger partial charge is 0.229 e. The van der Waals surface area contributed by atoms with Crippen molar-refractivity contribution in [3.63, 3.8) is 0 Å². The summed E-state index contributed by atoms with van der Waals surface area (Å²) < 4.78 is 29.6. The van der Waals surface area contributed by atoms with Crippen molar-refractivity contribution >= 4 is 46.0 Å². The van der Waals surface area contributed by atoms with Gasteiger partial charge in [-0.15, -0.1) is 0 Å². The van der Waals surface area contributed by atoms with Crippen LogP contribution >= 0.6 is 11.6 Å². The van der Waals surface area contributed by atoms with Crippen LogP contribution in [-0.2, 0) is 6.54 Å². The molecule has 0 atom stereocenters. The topological polar surface area (TPSA) is 67.7 Å². The second kappa shape index (κ2) is 7.40. The zero-order chi connectivity index (χ0) is 19.7. The molecule has 0 aliphatic carbocycles. The van der Waals surface area contributed by atoms with Crippen LogP contribution in [0.4, 0.5) is 32.1 Å². The molecular formula is C19H15ClF2N6. The van der Waals surface area contributed by atoms with E-state index >= 15 is 0 Å². The van der Waals surface area contributed by atoms with E-state index in [1.807, 2.05) is 29.7 Å². The number of nitrogens with zero attached hydrogens (tertiary/aromatic N) is 4. The van der Waals surface area contributed by atoms with Gasteiger partial charge in [0.1, 0.15) is 22.8 Å². The summed E-state index contributed by atoms with van der Waals surface area (Å²) in [6.45, 7) is 2.50. The third-order valence-corrected chi connectivity index (χ3v) is 4.45. The van der Waals surface area contributed by atoms with E-state index < -0.39 is 11.6 Å². The maximum atomic E-state index is 13.9. The van der Waals surface area contributed by atoms with Crippen LogP contribution in [0.3, 0.4) is 0 Å². The molecule has 0 unspecified atom stereocenters. The average Bonchev–Trinajstić information content (AvgIpc) is 3.03. The van der Waals surface area contributed by atoms with Gasteiger partial charge in [-0.2, -0.15) is 4.98 Å². The summed E-state index contributed by atoms with van der Waals surface area (Å²) in [5.41, 5.74) is 1.45. The van der Waals surface area contributed by atoms with Crippen LogP contribution in [0.5, 0.6) is 0 Å². The number of aryl methyl sites for hydroxylation is 1. The van der Waals surface area contributed by atoms with Crippen LogP contribution < -0.4 is 10.6 Å². The van der Waals surface area contributed by atoms with E-state index in [0.717, 1.165) is 12.1 Å². The lowest BCUT2D eigenvalue weighted by Gasteiger charge is -2.10. The fourth-order valence-electron chi connectivity index (χ4n) is 2.79. The summed E-state index contributed by atoms with van der Waals surface area (Å²) in [6.07, 6.45) is 1.49. The van der Waals surface area contributed by atoms with E-state index in [0.29, 0.717) is 34.4 Å². The second-order valence-corrected chi connectivity index (χ2v) is 6.32. The number of anilines is 4. The SMILES string of the molecule is CCn1c(Nc2ccccc2Cl)nc2cnc(Nc3c(F)cccc3F)nc21. The zero-order valence-corrected chi connectivity index (χ0v) is 15.5. The van der Waals surface area contributed by atoms with Crippen molar-refractivity contribution in [3.05, 3.63) is 65.3 Å². The van der Waals surface area contributed by atoms with Crippen LogP contribution in [-0.4, -0.2) is 19.5 Å². The first-order chi connectivity index (χ1) is 13.6. The third-order valence-electron chi connectivity index (χ3n) is 4.12. The quantitative estimate of drug-likeness (QED) is 0.478. The van der Waals surface area contributed by atoms with Crippen LogP contribution in [0.2, 0.25) is 5.02 Å². The summed E-state index contributed by atoms with van der Waals surface area (Å²) in [7, 11) is 0. The van der Waals surface area contributed by atoms with Gasteiger partial charge in [-0.3, -0.25) is 4.57 Å². The Morgan fingerprint density at radius 2 is 1.75 bits per heavy atom. The molecule has 0 radical (unpaired) electrons. The Balaban J connectivity index is 1.72. The molecule has 0 bridgehead atoms. The second-order valence-electron chi connectivity index (χ2n) is 5.91. The molecule has 142 valence electrons. The highest BCUT2D eigenvalue weighted by molar-refractivity contribution is 6.33. The van der Waals surface area contributed by atoms with Crippen molar-refractivity contribution in [1.29, 1.82) is 0 Å². The Morgan fingerprint density at radius 3 is 2.46 bits per heavy atom. The minimum Gasteiger partial charge on any atom is -0.324 e. The Morgan fingerprint density at radius 1 is 1.00 bits per heavy atom. The highest BCUT2D eigenvalue weighted by Gasteiger charge is 2.15. The normalized spacial score (nSPS) is 11.0. The molecule has 2 heterocycles. The van der Waals surface area contributed by atoms with Gasteiger partial charge in [-0.05, 0) is 31.2 Å². The number of aromatic nitrogens is 4. The molecule has 0 spiro atoms. The lowest BCUT2D eigenvalue weighted by Crippen LogP contribution is -2.05. The van der Waals surface area contributed by atoms with Gasteiger partial charge in [0.15, 0.2) is 5.65 Å². The maximum Gasteiger partial charge on any atom is 0.229 e. The molecular weight excluding hydrogens is 386 g/mol. The molecule has 0 aliphatic rings. The average molecular weight is 401 g/mol. The van der Waals surface area contributed by atoms with Gasteiger partial charge in [0.25, 0.3) is 0 Å². The third kappa shape index (κ3) is 3.34. The Bertz CT molecular complexity index is 1140. The van der Waals surface area contributed by atoms with Crippen LogP contribution in [0.15, 0.2) is 48.7 Å². The molecule has 2 aromatic heterocycles. The minimum atomic E-state index is -0.728. The molecule has 0 saturated heterocycles. The summed E-state index contributed by atoms with van der Waals surface area (Å²) in [6, 6.07) is 10.9. The maximum absolute atomic E-state index is 13.9. The largest absolute Gasteiger partial charge is 0.324 e. The molecule has 6 nitrogen and oxygen atoms in total. The van der Waals surface area contributed by atoms with E-state index in [1.54, 1.807) is 6.07 Å². The van der Waals surface area contributed by atoms with Crippen molar-refractivity contribution in [1.82, 2.24) is 19.5 Å². The van der Waals surface area contributed by atoms with Gasteiger partial charge >= 0.3 is 0 Å². The first kappa shape index (κ1) is 18.1. The summed E-state index contributed by atoms with van der Waals surface area (Å²) in [5, 5.41) is 6.33. The lowest BCUT2D eigenvalue weighted by atomic mass is 10.3. The minimum absolute atomic E-state index is 0.0652. The van der Waals surface area contributed by atoms with Crippen molar-refractivity contribution in [3.8, 4) is 0 Å². The van der Waals surface area contributed by atoms with Gasteiger partial charge in [-0.1, -0.05) is 29.8 Å². The van der Waals surface area contributed by atoms with E-state index in [-0.39, 0.29) is 11.6 Å². The van der Waals surface area contributed by atoms with E-state index in [1.165, 1.54) is 12.3 Å². The lowest BCUT2D eigenvalue weighted by molar-refractivity contribution is 0.590. The Labute approximate surface area is 164 Å². The molecule has 0 fully saturated rings.